The minimum absolute atomic E-state index is 0.0827. The molecule has 162 valence electrons. The number of carbonyl (C=O) groups is 1. The fraction of sp³-hybridized carbons (Fsp3) is 0.600. The first-order valence-corrected chi connectivity index (χ1v) is 10.5. The van der Waals surface area contributed by atoms with Crippen LogP contribution in [0.25, 0.3) is 0 Å². The van der Waals surface area contributed by atoms with Gasteiger partial charge in [0, 0.05) is 18.4 Å². The van der Waals surface area contributed by atoms with Crippen molar-refractivity contribution in [3.8, 4) is 6.07 Å². The summed E-state index contributed by atoms with van der Waals surface area (Å²) in [6, 6.07) is 5.04. The third kappa shape index (κ3) is 3.98. The quantitative estimate of drug-likeness (QED) is 0.306. The molecule has 0 radical (unpaired) electrons. The van der Waals surface area contributed by atoms with Crippen LogP contribution in [0.3, 0.4) is 0 Å². The van der Waals surface area contributed by atoms with E-state index in [9.17, 15) is 28.4 Å². The zero-order valence-electron chi connectivity index (χ0n) is 16.3. The molecule has 1 aromatic carbocycles. The first kappa shape index (κ1) is 21.3. The molecule has 5 rings (SSSR count). The maximum Gasteiger partial charge on any atom is 0.416 e. The molecular weight excluding hydrogens is 417 g/mol. The van der Waals surface area contributed by atoms with Crippen LogP contribution in [0.5, 0.6) is 0 Å². The molecule has 10 heteroatoms. The molecule has 0 heterocycles. The first-order valence-electron chi connectivity index (χ1n) is 10.1. The summed E-state index contributed by atoms with van der Waals surface area (Å²) in [5.41, 5.74) is 0.802. The second-order valence-electron chi connectivity index (χ2n) is 8.88. The Bertz CT molecular complexity index is 884. The van der Waals surface area contributed by atoms with Crippen LogP contribution < -0.4 is 10.7 Å². The van der Waals surface area contributed by atoms with Crippen LogP contribution in [0.2, 0.25) is 0 Å². The average Bonchev–Trinajstić information content (AvgIpc) is 3.54. The van der Waals surface area contributed by atoms with Crippen molar-refractivity contribution in [3.63, 3.8) is 0 Å². The SMILES string of the molecule is N#CC12CCC(NC(=O)c3cc(C(F)(F)F)ccc3N[N+](O)(S)C3CC3)(CC1)CC2. The number of hydroxylamine groups is 1. The number of hydrogen-bond donors (Lipinski definition) is 4. The van der Waals surface area contributed by atoms with Crippen LogP contribution in [-0.4, -0.2) is 26.9 Å². The number of carbonyl (C=O) groups excluding carboxylic acids is 1. The molecule has 2 bridgehead atoms. The van der Waals surface area contributed by atoms with Crippen LogP contribution in [0.4, 0.5) is 18.9 Å². The molecule has 30 heavy (non-hydrogen) atoms. The third-order valence-corrected chi connectivity index (χ3v) is 7.22. The molecule has 1 aromatic rings. The number of nitrogens with one attached hydrogen (secondary N) is 2. The highest BCUT2D eigenvalue weighted by Gasteiger charge is 2.50. The van der Waals surface area contributed by atoms with Gasteiger partial charge in [-0.2, -0.15) is 29.1 Å². The van der Waals surface area contributed by atoms with E-state index in [1.807, 2.05) is 0 Å². The van der Waals surface area contributed by atoms with Gasteiger partial charge in [-0.05, 0) is 60.9 Å². The lowest BCUT2D eigenvalue weighted by molar-refractivity contribution is -0.981. The highest BCUT2D eigenvalue weighted by atomic mass is 32.1. The molecule has 4 saturated carbocycles. The number of rotatable bonds is 5. The highest BCUT2D eigenvalue weighted by molar-refractivity contribution is 7.74. The molecule has 4 fully saturated rings. The molecular formula is C20H24F3N4O2S+. The van der Waals surface area contributed by atoms with Crippen molar-refractivity contribution in [1.29, 1.82) is 5.26 Å². The monoisotopic (exact) mass is 441 g/mol. The summed E-state index contributed by atoms with van der Waals surface area (Å²) in [5.74, 6) is -0.626. The molecule has 1 atom stereocenters. The van der Waals surface area contributed by atoms with Gasteiger partial charge in [0.25, 0.3) is 5.91 Å². The molecule has 0 spiro atoms. The number of quaternary nitrogens is 1. The first-order chi connectivity index (χ1) is 14.0. The van der Waals surface area contributed by atoms with Gasteiger partial charge >= 0.3 is 6.18 Å². The van der Waals surface area contributed by atoms with Crippen molar-refractivity contribution < 1.29 is 27.3 Å². The predicted molar refractivity (Wildman–Crippen MR) is 105 cm³/mol. The normalized spacial score (nSPS) is 30.3. The Kier molecular flexibility index (Phi) is 4.99. The number of thiol groups is 1. The van der Waals surface area contributed by atoms with E-state index in [2.05, 4.69) is 29.6 Å². The minimum Gasteiger partial charge on any atom is -0.347 e. The van der Waals surface area contributed by atoms with E-state index in [0.29, 0.717) is 38.5 Å². The summed E-state index contributed by atoms with van der Waals surface area (Å²) in [4.78, 5) is 13.1. The zero-order chi connectivity index (χ0) is 21.8. The van der Waals surface area contributed by atoms with Gasteiger partial charge in [0.05, 0.1) is 22.6 Å². The molecule has 3 N–H and O–H groups in total. The van der Waals surface area contributed by atoms with Crippen molar-refractivity contribution in [2.24, 2.45) is 5.41 Å². The van der Waals surface area contributed by atoms with Gasteiger partial charge in [0.1, 0.15) is 18.5 Å². The molecule has 4 aliphatic carbocycles. The lowest BCUT2D eigenvalue weighted by atomic mass is 9.58. The van der Waals surface area contributed by atoms with E-state index in [4.69, 9.17) is 0 Å². The Morgan fingerprint density at radius 1 is 1.20 bits per heavy atom. The molecule has 0 aliphatic heterocycles. The highest BCUT2D eigenvalue weighted by Crippen LogP contribution is 2.52. The lowest BCUT2D eigenvalue weighted by Crippen LogP contribution is -2.56. The number of hydrogen-bond acceptors (Lipinski definition) is 5. The van der Waals surface area contributed by atoms with Gasteiger partial charge in [-0.25, -0.2) is 0 Å². The van der Waals surface area contributed by atoms with Gasteiger partial charge in [-0.3, -0.25) is 4.79 Å². The second-order valence-corrected chi connectivity index (χ2v) is 9.49. The maximum atomic E-state index is 13.3. The fourth-order valence-corrected chi connectivity index (χ4v) is 4.90. The Morgan fingerprint density at radius 3 is 2.30 bits per heavy atom. The molecule has 0 saturated heterocycles. The Morgan fingerprint density at radius 2 is 1.80 bits per heavy atom. The smallest absolute Gasteiger partial charge is 0.347 e. The van der Waals surface area contributed by atoms with E-state index in [1.54, 1.807) is 0 Å². The summed E-state index contributed by atoms with van der Waals surface area (Å²) >= 11 is 4.14. The standard InChI is InChI=1S/C20H23F3N4O2S/c21-20(22,23)13-1-4-16(26-27(29,30)14-2-3-14)15(11-13)17(28)25-19-8-5-18(12-24,6-9-19)7-10-19/h1,4,11,14,29-30H,2-3,5-10H2,(H-,25,26,28)/p+1. The van der Waals surface area contributed by atoms with Crippen molar-refractivity contribution in [3.05, 3.63) is 29.3 Å². The molecule has 0 aromatic heterocycles. The number of benzene rings is 1. The summed E-state index contributed by atoms with van der Waals surface area (Å²) in [7, 11) is 0. The van der Waals surface area contributed by atoms with Crippen molar-refractivity contribution in [2.45, 2.75) is 69.1 Å². The predicted octanol–water partition coefficient (Wildman–Crippen LogP) is 4.59. The largest absolute Gasteiger partial charge is 0.416 e. The van der Waals surface area contributed by atoms with Gasteiger partial charge in [-0.1, -0.05) is 0 Å². The van der Waals surface area contributed by atoms with Crippen LogP contribution in [-0.2, 0) is 6.18 Å². The molecule has 4 aliphatic rings. The Labute approximate surface area is 178 Å². The summed E-state index contributed by atoms with van der Waals surface area (Å²) in [6.07, 6.45) is 0.744. The fourth-order valence-electron chi connectivity index (χ4n) is 4.56. The second kappa shape index (κ2) is 7.04. The Hall–Kier alpha value is -1.96. The topological polar surface area (TPSA) is 85.2 Å². The number of amides is 1. The zero-order valence-corrected chi connectivity index (χ0v) is 17.2. The molecule has 1 unspecified atom stereocenters. The minimum atomic E-state index is -4.60. The number of fused-ring (bicyclic) bond motifs is 3. The van der Waals surface area contributed by atoms with Crippen LogP contribution in [0, 0.1) is 16.7 Å². The van der Waals surface area contributed by atoms with E-state index >= 15 is 0 Å². The number of anilines is 1. The van der Waals surface area contributed by atoms with Gasteiger partial charge in [-0.15, -0.1) is 0 Å². The van der Waals surface area contributed by atoms with Crippen molar-refractivity contribution in [2.75, 3.05) is 5.43 Å². The third-order valence-electron chi connectivity index (χ3n) is 6.79. The van der Waals surface area contributed by atoms with E-state index in [-0.39, 0.29) is 22.7 Å². The van der Waals surface area contributed by atoms with Crippen molar-refractivity contribution in [1.82, 2.24) is 5.32 Å². The maximum absolute atomic E-state index is 13.3. The number of nitrogens with zero attached hydrogens (tertiary/aromatic N) is 2. The van der Waals surface area contributed by atoms with Crippen LogP contribution in [0.1, 0.15) is 67.3 Å². The lowest BCUT2D eigenvalue weighted by Gasteiger charge is -2.50. The Balaban J connectivity index is 1.61. The van der Waals surface area contributed by atoms with E-state index < -0.39 is 27.3 Å². The van der Waals surface area contributed by atoms with Gasteiger partial charge in [0.2, 0.25) is 0 Å². The summed E-state index contributed by atoms with van der Waals surface area (Å²) in [5, 5.41) is 22.8. The number of halogens is 3. The van der Waals surface area contributed by atoms with Crippen molar-refractivity contribution >= 4 is 24.4 Å². The number of nitriles is 1. The van der Waals surface area contributed by atoms with Crippen LogP contribution in [0.15, 0.2) is 18.2 Å². The van der Waals surface area contributed by atoms with E-state index in [1.165, 1.54) is 0 Å². The van der Waals surface area contributed by atoms with E-state index in [0.717, 1.165) is 31.0 Å². The van der Waals surface area contributed by atoms with Crippen LogP contribution >= 0.6 is 12.8 Å². The summed E-state index contributed by atoms with van der Waals surface area (Å²) in [6.45, 7) is 0. The van der Waals surface area contributed by atoms with Gasteiger partial charge in [0.15, 0.2) is 6.04 Å². The van der Waals surface area contributed by atoms with Gasteiger partial charge < -0.3 is 5.32 Å². The molecule has 6 nitrogen and oxygen atoms in total. The summed E-state index contributed by atoms with van der Waals surface area (Å²) < 4.78 is 38.9. The average molecular weight is 441 g/mol. The number of alkyl halides is 3. The molecule has 1 amide bonds.